The number of nitrogen functional groups attached to an aromatic ring is 1. The maximum absolute atomic E-state index is 11.8. The highest BCUT2D eigenvalue weighted by molar-refractivity contribution is 8.00. The van der Waals surface area contributed by atoms with E-state index in [2.05, 4.69) is 10.3 Å². The number of rotatable bonds is 5. The molecule has 17 heavy (non-hydrogen) atoms. The van der Waals surface area contributed by atoms with Gasteiger partial charge in [-0.15, -0.1) is 11.8 Å². The molecule has 0 saturated carbocycles. The summed E-state index contributed by atoms with van der Waals surface area (Å²) < 4.78 is 0. The van der Waals surface area contributed by atoms with Crippen LogP contribution in [-0.2, 0) is 4.79 Å². The van der Waals surface area contributed by atoms with Crippen LogP contribution in [0.25, 0.3) is 0 Å². The molecule has 0 radical (unpaired) electrons. The number of hydrogen-bond donors (Lipinski definition) is 2. The number of thioether (sulfide) groups is 1. The van der Waals surface area contributed by atoms with Crippen LogP contribution in [0.5, 0.6) is 0 Å². The molecule has 4 nitrogen and oxygen atoms in total. The Morgan fingerprint density at radius 1 is 1.53 bits per heavy atom. The van der Waals surface area contributed by atoms with Crippen molar-refractivity contribution >= 4 is 23.5 Å². The standard InChI is InChI=1S/C12H19N3OS/c1-4-8(2)15-12(16)9(3)17-10-5-6-11(13)14-7-10/h5-9H,4H2,1-3H3,(H2,13,14)(H,15,16). The summed E-state index contributed by atoms with van der Waals surface area (Å²) in [5.41, 5.74) is 5.50. The summed E-state index contributed by atoms with van der Waals surface area (Å²) >= 11 is 1.48. The van der Waals surface area contributed by atoms with Gasteiger partial charge < -0.3 is 11.1 Å². The number of aromatic nitrogens is 1. The number of anilines is 1. The molecule has 1 amide bonds. The highest BCUT2D eigenvalue weighted by Crippen LogP contribution is 2.22. The molecule has 0 aromatic carbocycles. The summed E-state index contributed by atoms with van der Waals surface area (Å²) in [5, 5.41) is 2.83. The van der Waals surface area contributed by atoms with Crippen molar-refractivity contribution in [2.75, 3.05) is 5.73 Å². The average molecular weight is 253 g/mol. The van der Waals surface area contributed by atoms with Gasteiger partial charge >= 0.3 is 0 Å². The molecule has 0 spiro atoms. The number of nitrogens with one attached hydrogen (secondary N) is 1. The molecule has 94 valence electrons. The molecule has 5 heteroatoms. The van der Waals surface area contributed by atoms with E-state index in [-0.39, 0.29) is 17.2 Å². The zero-order chi connectivity index (χ0) is 12.8. The van der Waals surface area contributed by atoms with Gasteiger partial charge in [-0.1, -0.05) is 6.92 Å². The van der Waals surface area contributed by atoms with E-state index in [0.29, 0.717) is 5.82 Å². The normalized spacial score (nSPS) is 14.1. The van der Waals surface area contributed by atoms with Gasteiger partial charge in [0, 0.05) is 17.1 Å². The number of nitrogens with two attached hydrogens (primary N) is 1. The van der Waals surface area contributed by atoms with E-state index < -0.39 is 0 Å². The minimum absolute atomic E-state index is 0.0566. The molecule has 0 aliphatic rings. The first-order valence-electron chi connectivity index (χ1n) is 5.71. The summed E-state index contributed by atoms with van der Waals surface area (Å²) in [4.78, 5) is 16.8. The Balaban J connectivity index is 2.51. The van der Waals surface area contributed by atoms with E-state index in [0.717, 1.165) is 11.3 Å². The monoisotopic (exact) mass is 253 g/mol. The van der Waals surface area contributed by atoms with Crippen LogP contribution in [-0.4, -0.2) is 22.2 Å². The lowest BCUT2D eigenvalue weighted by atomic mass is 10.2. The fourth-order valence-electron chi connectivity index (χ4n) is 1.18. The molecule has 0 bridgehead atoms. The fraction of sp³-hybridized carbons (Fsp3) is 0.500. The molecule has 1 aromatic heterocycles. The van der Waals surface area contributed by atoms with Crippen LogP contribution in [0.3, 0.4) is 0 Å². The predicted molar refractivity (Wildman–Crippen MR) is 71.9 cm³/mol. The second-order valence-electron chi connectivity index (χ2n) is 4.00. The third-order valence-corrected chi connectivity index (χ3v) is 3.52. The van der Waals surface area contributed by atoms with Crippen LogP contribution < -0.4 is 11.1 Å². The van der Waals surface area contributed by atoms with Gasteiger partial charge in [-0.05, 0) is 32.4 Å². The molecule has 0 saturated heterocycles. The SMILES string of the molecule is CCC(C)NC(=O)C(C)Sc1ccc(N)nc1. The van der Waals surface area contributed by atoms with Gasteiger partial charge in [0.15, 0.2) is 0 Å². The molecule has 1 aromatic rings. The van der Waals surface area contributed by atoms with E-state index in [4.69, 9.17) is 5.73 Å². The maximum Gasteiger partial charge on any atom is 0.233 e. The maximum atomic E-state index is 11.8. The number of carbonyl (C=O) groups excluding carboxylic acids is 1. The molecule has 0 fully saturated rings. The van der Waals surface area contributed by atoms with Crippen molar-refractivity contribution in [3.8, 4) is 0 Å². The lowest BCUT2D eigenvalue weighted by Crippen LogP contribution is -2.37. The van der Waals surface area contributed by atoms with Crippen molar-refractivity contribution in [3.63, 3.8) is 0 Å². The van der Waals surface area contributed by atoms with Gasteiger partial charge in [0.25, 0.3) is 0 Å². The van der Waals surface area contributed by atoms with Gasteiger partial charge in [-0.2, -0.15) is 0 Å². The molecule has 0 aliphatic heterocycles. The average Bonchev–Trinajstić information content (AvgIpc) is 2.31. The van der Waals surface area contributed by atoms with Gasteiger partial charge in [0.05, 0.1) is 5.25 Å². The predicted octanol–water partition coefficient (Wildman–Crippen LogP) is 2.06. The first-order chi connectivity index (χ1) is 8.02. The molecule has 2 atom stereocenters. The molecule has 1 rings (SSSR count). The highest BCUT2D eigenvalue weighted by atomic mass is 32.2. The number of pyridine rings is 1. The molecular weight excluding hydrogens is 234 g/mol. The third-order valence-electron chi connectivity index (χ3n) is 2.44. The smallest absolute Gasteiger partial charge is 0.233 e. The third kappa shape index (κ3) is 4.65. The zero-order valence-corrected chi connectivity index (χ0v) is 11.3. The summed E-state index contributed by atoms with van der Waals surface area (Å²) in [7, 11) is 0. The van der Waals surface area contributed by atoms with E-state index >= 15 is 0 Å². The fourth-order valence-corrected chi connectivity index (χ4v) is 2.02. The first-order valence-corrected chi connectivity index (χ1v) is 6.59. The van der Waals surface area contributed by atoms with Crippen LogP contribution in [0.2, 0.25) is 0 Å². The van der Waals surface area contributed by atoms with E-state index in [1.54, 1.807) is 12.3 Å². The zero-order valence-electron chi connectivity index (χ0n) is 10.4. The van der Waals surface area contributed by atoms with Gasteiger partial charge in [-0.25, -0.2) is 4.98 Å². The molecular formula is C12H19N3OS. The summed E-state index contributed by atoms with van der Waals surface area (Å²) in [6, 6.07) is 3.83. The molecule has 2 unspecified atom stereocenters. The van der Waals surface area contributed by atoms with Gasteiger partial charge in [0.2, 0.25) is 5.91 Å². The van der Waals surface area contributed by atoms with Crippen molar-refractivity contribution in [1.29, 1.82) is 0 Å². The quantitative estimate of drug-likeness (QED) is 0.788. The van der Waals surface area contributed by atoms with Crippen molar-refractivity contribution < 1.29 is 4.79 Å². The topological polar surface area (TPSA) is 68.0 Å². The lowest BCUT2D eigenvalue weighted by molar-refractivity contribution is -0.120. The molecule has 1 heterocycles. The highest BCUT2D eigenvalue weighted by Gasteiger charge is 2.15. The second kappa shape index (κ2) is 6.49. The Bertz CT molecular complexity index is 367. The Hall–Kier alpha value is -1.23. The first kappa shape index (κ1) is 13.8. The summed E-state index contributed by atoms with van der Waals surface area (Å²) in [6.07, 6.45) is 2.62. The van der Waals surface area contributed by atoms with E-state index in [9.17, 15) is 4.79 Å². The largest absolute Gasteiger partial charge is 0.384 e. The van der Waals surface area contributed by atoms with Gasteiger partial charge in [-0.3, -0.25) is 4.79 Å². The van der Waals surface area contributed by atoms with Crippen molar-refractivity contribution in [2.24, 2.45) is 0 Å². The number of hydrogen-bond acceptors (Lipinski definition) is 4. The summed E-state index contributed by atoms with van der Waals surface area (Å²) in [5.74, 6) is 0.548. The van der Waals surface area contributed by atoms with Crippen LogP contribution >= 0.6 is 11.8 Å². The van der Waals surface area contributed by atoms with Crippen LogP contribution in [0, 0.1) is 0 Å². The van der Waals surface area contributed by atoms with Crippen molar-refractivity contribution in [1.82, 2.24) is 10.3 Å². The van der Waals surface area contributed by atoms with E-state index in [1.807, 2.05) is 26.8 Å². The lowest BCUT2D eigenvalue weighted by Gasteiger charge is -2.15. The molecule has 3 N–H and O–H groups in total. The molecule has 0 aliphatic carbocycles. The van der Waals surface area contributed by atoms with E-state index in [1.165, 1.54) is 11.8 Å². The number of nitrogens with zero attached hydrogens (tertiary/aromatic N) is 1. The van der Waals surface area contributed by atoms with Crippen molar-refractivity contribution in [3.05, 3.63) is 18.3 Å². The minimum Gasteiger partial charge on any atom is -0.384 e. The van der Waals surface area contributed by atoms with Crippen LogP contribution in [0.15, 0.2) is 23.2 Å². The Labute approximate surface area is 106 Å². The van der Waals surface area contributed by atoms with Crippen LogP contribution in [0.1, 0.15) is 27.2 Å². The minimum atomic E-state index is -0.130. The second-order valence-corrected chi connectivity index (χ2v) is 5.41. The Morgan fingerprint density at radius 3 is 2.76 bits per heavy atom. The van der Waals surface area contributed by atoms with Crippen molar-refractivity contribution in [2.45, 2.75) is 43.4 Å². The van der Waals surface area contributed by atoms with Crippen LogP contribution in [0.4, 0.5) is 5.82 Å². The summed E-state index contributed by atoms with van der Waals surface area (Å²) in [6.45, 7) is 5.94. The Kier molecular flexibility index (Phi) is 5.28. The number of carbonyl (C=O) groups is 1. The Morgan fingerprint density at radius 2 is 2.24 bits per heavy atom. The van der Waals surface area contributed by atoms with Gasteiger partial charge in [0.1, 0.15) is 5.82 Å². The number of amides is 1.